The largest absolute Gasteiger partial charge is 0.293 e. The summed E-state index contributed by atoms with van der Waals surface area (Å²) >= 11 is 2.97. The molecule has 0 atom stereocenters. The van der Waals surface area contributed by atoms with Gasteiger partial charge in [0.2, 0.25) is 0 Å². The maximum Gasteiger partial charge on any atom is 0.174 e. The predicted octanol–water partition coefficient (Wildman–Crippen LogP) is 3.44. The summed E-state index contributed by atoms with van der Waals surface area (Å²) in [5.74, 6) is 0.549. The van der Waals surface area contributed by atoms with Gasteiger partial charge >= 0.3 is 0 Å². The van der Waals surface area contributed by atoms with Crippen LogP contribution in [0.2, 0.25) is 0 Å². The number of hydrogen-bond acceptors (Lipinski definition) is 5. The first-order chi connectivity index (χ1) is 8.56. The summed E-state index contributed by atoms with van der Waals surface area (Å²) in [4.78, 5) is 12.0. The average Bonchev–Trinajstić information content (AvgIpc) is 2.75. The molecule has 3 nitrogen and oxygen atoms in total. The van der Waals surface area contributed by atoms with Gasteiger partial charge in [-0.15, -0.1) is 10.2 Å². The van der Waals surface area contributed by atoms with E-state index in [1.165, 1.54) is 28.7 Å². The number of carbonyl (C=O) groups is 1. The highest BCUT2D eigenvalue weighted by Crippen LogP contribution is 2.23. The lowest BCUT2D eigenvalue weighted by atomic mass is 10.0. The second-order valence-corrected chi connectivity index (χ2v) is 6.50. The highest BCUT2D eigenvalue weighted by molar-refractivity contribution is 8.01. The van der Waals surface area contributed by atoms with Crippen molar-refractivity contribution in [3.63, 3.8) is 0 Å². The maximum atomic E-state index is 12.0. The van der Waals surface area contributed by atoms with E-state index in [-0.39, 0.29) is 5.78 Å². The molecule has 94 valence electrons. The van der Waals surface area contributed by atoms with Gasteiger partial charge in [-0.1, -0.05) is 35.2 Å². The van der Waals surface area contributed by atoms with E-state index in [9.17, 15) is 4.79 Å². The van der Waals surface area contributed by atoms with E-state index in [4.69, 9.17) is 0 Å². The zero-order valence-corrected chi connectivity index (χ0v) is 12.2. The van der Waals surface area contributed by atoms with Gasteiger partial charge in [0.1, 0.15) is 5.01 Å². The van der Waals surface area contributed by atoms with Crippen LogP contribution in [0.1, 0.15) is 26.5 Å². The molecule has 0 spiro atoms. The Morgan fingerprint density at radius 2 is 2.00 bits per heavy atom. The van der Waals surface area contributed by atoms with Crippen molar-refractivity contribution >= 4 is 28.9 Å². The number of rotatable bonds is 4. The average molecular weight is 278 g/mol. The quantitative estimate of drug-likeness (QED) is 0.634. The first kappa shape index (κ1) is 13.2. The molecule has 0 aliphatic carbocycles. The molecule has 1 aromatic heterocycles. The van der Waals surface area contributed by atoms with Crippen molar-refractivity contribution in [2.24, 2.45) is 0 Å². The van der Waals surface area contributed by atoms with Crippen LogP contribution in [-0.4, -0.2) is 21.7 Å². The molecule has 0 amide bonds. The zero-order chi connectivity index (χ0) is 13.1. The minimum Gasteiger partial charge on any atom is -0.293 e. The van der Waals surface area contributed by atoms with E-state index in [2.05, 4.69) is 10.2 Å². The molecule has 0 aliphatic heterocycles. The lowest BCUT2D eigenvalue weighted by Gasteiger charge is -2.03. The fraction of sp³-hybridized carbons (Fsp3) is 0.308. The number of carbonyl (C=O) groups excluding carboxylic acids is 1. The van der Waals surface area contributed by atoms with Crippen LogP contribution in [0.15, 0.2) is 22.5 Å². The minimum atomic E-state index is 0.135. The molecule has 0 saturated heterocycles. The Morgan fingerprint density at radius 3 is 2.61 bits per heavy atom. The van der Waals surface area contributed by atoms with Gasteiger partial charge in [0.05, 0.1) is 5.75 Å². The summed E-state index contributed by atoms with van der Waals surface area (Å²) in [6.45, 7) is 5.97. The number of ketones is 1. The topological polar surface area (TPSA) is 42.9 Å². The Labute approximate surface area is 115 Å². The van der Waals surface area contributed by atoms with E-state index < -0.39 is 0 Å². The standard InChI is InChI=1S/C13H14N2OS2/c1-8-4-5-11(6-9(8)2)12(16)7-17-13-15-14-10(3)18-13/h4-6H,7H2,1-3H3. The van der Waals surface area contributed by atoms with E-state index in [1.807, 2.05) is 39.0 Å². The van der Waals surface area contributed by atoms with Gasteiger partial charge < -0.3 is 0 Å². The second kappa shape index (κ2) is 5.63. The molecule has 0 N–H and O–H groups in total. The van der Waals surface area contributed by atoms with Crippen LogP contribution >= 0.6 is 23.1 Å². The van der Waals surface area contributed by atoms with Crippen LogP contribution in [-0.2, 0) is 0 Å². The molecule has 2 rings (SSSR count). The Bertz CT molecular complexity index is 578. The molecule has 0 bridgehead atoms. The number of nitrogens with zero attached hydrogens (tertiary/aromatic N) is 2. The van der Waals surface area contributed by atoms with E-state index in [0.29, 0.717) is 5.75 Å². The van der Waals surface area contributed by atoms with Crippen LogP contribution < -0.4 is 0 Å². The van der Waals surface area contributed by atoms with E-state index in [0.717, 1.165) is 20.5 Å². The minimum absolute atomic E-state index is 0.135. The first-order valence-electron chi connectivity index (χ1n) is 5.59. The van der Waals surface area contributed by atoms with Gasteiger partial charge in [-0.3, -0.25) is 4.79 Å². The number of benzene rings is 1. The highest BCUT2D eigenvalue weighted by atomic mass is 32.2. The zero-order valence-electron chi connectivity index (χ0n) is 10.6. The Kier molecular flexibility index (Phi) is 4.14. The Morgan fingerprint density at radius 1 is 1.22 bits per heavy atom. The third-order valence-electron chi connectivity index (χ3n) is 2.66. The third kappa shape index (κ3) is 3.17. The maximum absolute atomic E-state index is 12.0. The Hall–Kier alpha value is -1.20. The summed E-state index contributed by atoms with van der Waals surface area (Å²) < 4.78 is 0.852. The van der Waals surface area contributed by atoms with Crippen LogP contribution in [0.4, 0.5) is 0 Å². The Balaban J connectivity index is 2.01. The molecule has 1 heterocycles. The van der Waals surface area contributed by atoms with Crippen molar-refractivity contribution in [3.05, 3.63) is 39.9 Å². The fourth-order valence-electron chi connectivity index (χ4n) is 1.46. The van der Waals surface area contributed by atoms with E-state index >= 15 is 0 Å². The van der Waals surface area contributed by atoms with Crippen molar-refractivity contribution < 1.29 is 4.79 Å². The molecule has 18 heavy (non-hydrogen) atoms. The molecule has 2 aromatic rings. The molecular formula is C13H14N2OS2. The van der Waals surface area contributed by atoms with Crippen molar-refractivity contribution in [1.82, 2.24) is 10.2 Å². The molecule has 0 radical (unpaired) electrons. The molecular weight excluding hydrogens is 264 g/mol. The van der Waals surface area contributed by atoms with Crippen LogP contribution in [0, 0.1) is 20.8 Å². The SMILES string of the molecule is Cc1nnc(SCC(=O)c2ccc(C)c(C)c2)s1. The smallest absolute Gasteiger partial charge is 0.174 e. The van der Waals surface area contributed by atoms with Crippen LogP contribution in [0.3, 0.4) is 0 Å². The normalized spacial score (nSPS) is 10.6. The summed E-state index contributed by atoms with van der Waals surface area (Å²) in [5, 5.41) is 8.85. The van der Waals surface area contributed by atoms with Crippen molar-refractivity contribution in [2.45, 2.75) is 25.1 Å². The molecule has 5 heteroatoms. The summed E-state index contributed by atoms with van der Waals surface area (Å²) in [6.07, 6.45) is 0. The van der Waals surface area contributed by atoms with Crippen LogP contribution in [0.5, 0.6) is 0 Å². The van der Waals surface area contributed by atoms with Crippen molar-refractivity contribution in [1.29, 1.82) is 0 Å². The van der Waals surface area contributed by atoms with E-state index in [1.54, 1.807) is 0 Å². The fourth-order valence-corrected chi connectivity index (χ4v) is 3.17. The molecule has 0 fully saturated rings. The van der Waals surface area contributed by atoms with Gasteiger partial charge in [-0.05, 0) is 38.0 Å². The van der Waals surface area contributed by atoms with Gasteiger partial charge in [0.15, 0.2) is 10.1 Å². The third-order valence-corrected chi connectivity index (χ3v) is 4.64. The first-order valence-corrected chi connectivity index (χ1v) is 7.40. The molecule has 0 saturated carbocycles. The van der Waals surface area contributed by atoms with Gasteiger partial charge in [0, 0.05) is 5.56 Å². The number of aryl methyl sites for hydroxylation is 3. The lowest BCUT2D eigenvalue weighted by Crippen LogP contribution is -2.03. The molecule has 0 aliphatic rings. The molecule has 0 unspecified atom stereocenters. The lowest BCUT2D eigenvalue weighted by molar-refractivity contribution is 0.102. The number of thioether (sulfide) groups is 1. The van der Waals surface area contributed by atoms with Gasteiger partial charge in [-0.2, -0.15) is 0 Å². The summed E-state index contributed by atoms with van der Waals surface area (Å²) in [5.41, 5.74) is 3.13. The number of hydrogen-bond donors (Lipinski definition) is 0. The summed E-state index contributed by atoms with van der Waals surface area (Å²) in [7, 11) is 0. The molecule has 1 aromatic carbocycles. The van der Waals surface area contributed by atoms with Crippen molar-refractivity contribution in [3.8, 4) is 0 Å². The summed E-state index contributed by atoms with van der Waals surface area (Å²) in [6, 6.07) is 5.82. The number of Topliss-reactive ketones (excluding diaryl/α,β-unsaturated/α-hetero) is 1. The number of aromatic nitrogens is 2. The highest BCUT2D eigenvalue weighted by Gasteiger charge is 2.09. The predicted molar refractivity (Wildman–Crippen MR) is 75.6 cm³/mol. The van der Waals surface area contributed by atoms with Crippen LogP contribution in [0.25, 0.3) is 0 Å². The van der Waals surface area contributed by atoms with Gasteiger partial charge in [-0.25, -0.2) is 0 Å². The monoisotopic (exact) mass is 278 g/mol. The second-order valence-electron chi connectivity index (χ2n) is 4.10. The van der Waals surface area contributed by atoms with Gasteiger partial charge in [0.25, 0.3) is 0 Å². The van der Waals surface area contributed by atoms with Crippen molar-refractivity contribution in [2.75, 3.05) is 5.75 Å².